The van der Waals surface area contributed by atoms with Gasteiger partial charge in [0, 0.05) is 16.9 Å². The predicted molar refractivity (Wildman–Crippen MR) is 66.4 cm³/mol. The Bertz CT molecular complexity index is 508. The molecule has 3 heteroatoms. The molecule has 0 amide bonds. The lowest BCUT2D eigenvalue weighted by Crippen LogP contribution is -1.94. The molecule has 0 aromatic heterocycles. The molecule has 0 saturated heterocycles. The molecule has 0 aliphatic heterocycles. The second kappa shape index (κ2) is 5.25. The number of hydrogen-bond donors (Lipinski definition) is 1. The van der Waals surface area contributed by atoms with Crippen molar-refractivity contribution in [2.75, 3.05) is 5.32 Å². The van der Waals surface area contributed by atoms with Crippen LogP contribution >= 0.6 is 0 Å². The Kier molecular flexibility index (Phi) is 3.50. The first-order valence-corrected chi connectivity index (χ1v) is 5.29. The van der Waals surface area contributed by atoms with Crippen molar-refractivity contribution < 1.29 is 9.18 Å². The standard InChI is InChI=1S/C14H12FNO/c15-9-11-5-7-13(8-6-11)16-14-4-2-1-3-12(14)10-17/h1-8,10,16H,9H2. The zero-order valence-corrected chi connectivity index (χ0v) is 9.19. The maximum absolute atomic E-state index is 12.3. The van der Waals surface area contributed by atoms with Crippen molar-refractivity contribution in [1.29, 1.82) is 0 Å². The first kappa shape index (κ1) is 11.3. The van der Waals surface area contributed by atoms with Crippen LogP contribution in [0.1, 0.15) is 15.9 Å². The van der Waals surface area contributed by atoms with E-state index in [1.807, 2.05) is 12.1 Å². The van der Waals surface area contributed by atoms with E-state index in [0.29, 0.717) is 11.1 Å². The number of anilines is 2. The van der Waals surface area contributed by atoms with E-state index >= 15 is 0 Å². The highest BCUT2D eigenvalue weighted by Gasteiger charge is 2.00. The number of carbonyl (C=O) groups excluding carboxylic acids is 1. The lowest BCUT2D eigenvalue weighted by molar-refractivity contribution is 0.112. The number of carbonyl (C=O) groups is 1. The van der Waals surface area contributed by atoms with E-state index in [1.54, 1.807) is 36.4 Å². The maximum Gasteiger partial charge on any atom is 0.152 e. The number of halogens is 1. The summed E-state index contributed by atoms with van der Waals surface area (Å²) in [5.74, 6) is 0. The van der Waals surface area contributed by atoms with Gasteiger partial charge in [0.1, 0.15) is 6.67 Å². The Hall–Kier alpha value is -2.16. The lowest BCUT2D eigenvalue weighted by atomic mass is 10.1. The van der Waals surface area contributed by atoms with E-state index in [4.69, 9.17) is 0 Å². The number of benzene rings is 2. The van der Waals surface area contributed by atoms with Crippen molar-refractivity contribution in [1.82, 2.24) is 0 Å². The van der Waals surface area contributed by atoms with Gasteiger partial charge in [-0.1, -0.05) is 24.3 Å². The molecule has 86 valence electrons. The Morgan fingerprint density at radius 1 is 1.06 bits per heavy atom. The number of hydrogen-bond acceptors (Lipinski definition) is 2. The van der Waals surface area contributed by atoms with Gasteiger partial charge in [-0.05, 0) is 29.8 Å². The smallest absolute Gasteiger partial charge is 0.152 e. The fraction of sp³-hybridized carbons (Fsp3) is 0.0714. The summed E-state index contributed by atoms with van der Waals surface area (Å²) in [6.45, 7) is -0.467. The molecule has 2 rings (SSSR count). The molecular formula is C14H12FNO. The van der Waals surface area contributed by atoms with Crippen LogP contribution in [0.5, 0.6) is 0 Å². The zero-order chi connectivity index (χ0) is 12.1. The molecule has 2 aromatic rings. The second-order valence-electron chi connectivity index (χ2n) is 3.66. The van der Waals surface area contributed by atoms with E-state index in [9.17, 15) is 9.18 Å². The highest BCUT2D eigenvalue weighted by atomic mass is 19.1. The second-order valence-corrected chi connectivity index (χ2v) is 3.66. The van der Waals surface area contributed by atoms with Gasteiger partial charge in [0.2, 0.25) is 0 Å². The van der Waals surface area contributed by atoms with Gasteiger partial charge >= 0.3 is 0 Å². The normalized spacial score (nSPS) is 9.94. The monoisotopic (exact) mass is 229 g/mol. The number of nitrogens with one attached hydrogen (secondary N) is 1. The number of alkyl halides is 1. The Balaban J connectivity index is 2.22. The fourth-order valence-electron chi connectivity index (χ4n) is 1.55. The fourth-order valence-corrected chi connectivity index (χ4v) is 1.55. The molecule has 1 N–H and O–H groups in total. The van der Waals surface area contributed by atoms with Crippen LogP contribution in [0.15, 0.2) is 48.5 Å². The summed E-state index contributed by atoms with van der Waals surface area (Å²) in [5.41, 5.74) is 2.81. The van der Waals surface area contributed by atoms with Crippen LogP contribution in [0.4, 0.5) is 15.8 Å². The molecule has 0 radical (unpaired) electrons. The number of rotatable bonds is 4. The van der Waals surface area contributed by atoms with Crippen molar-refractivity contribution in [3.05, 3.63) is 59.7 Å². The average molecular weight is 229 g/mol. The molecule has 0 spiro atoms. The quantitative estimate of drug-likeness (QED) is 0.810. The van der Waals surface area contributed by atoms with Crippen molar-refractivity contribution in [3.8, 4) is 0 Å². The minimum Gasteiger partial charge on any atom is -0.355 e. The minimum absolute atomic E-state index is 0.467. The van der Waals surface area contributed by atoms with E-state index < -0.39 is 6.67 Å². The third-order valence-corrected chi connectivity index (χ3v) is 2.48. The van der Waals surface area contributed by atoms with Gasteiger partial charge in [-0.2, -0.15) is 0 Å². The topological polar surface area (TPSA) is 29.1 Å². The Morgan fingerprint density at radius 2 is 1.76 bits per heavy atom. The first-order valence-electron chi connectivity index (χ1n) is 5.29. The van der Waals surface area contributed by atoms with Gasteiger partial charge in [0.05, 0.1) is 0 Å². The van der Waals surface area contributed by atoms with E-state index in [-0.39, 0.29) is 0 Å². The number of para-hydroxylation sites is 1. The van der Waals surface area contributed by atoms with Gasteiger partial charge < -0.3 is 5.32 Å². The van der Waals surface area contributed by atoms with Crippen molar-refractivity contribution in [3.63, 3.8) is 0 Å². The molecule has 0 fully saturated rings. The molecule has 0 unspecified atom stereocenters. The summed E-state index contributed by atoms with van der Waals surface area (Å²) in [5, 5.41) is 3.12. The largest absolute Gasteiger partial charge is 0.355 e. The van der Waals surface area contributed by atoms with Gasteiger partial charge in [-0.25, -0.2) is 4.39 Å². The molecule has 0 bridgehead atoms. The third kappa shape index (κ3) is 2.69. The predicted octanol–water partition coefficient (Wildman–Crippen LogP) is 3.71. The summed E-state index contributed by atoms with van der Waals surface area (Å²) in [6.07, 6.45) is 0.804. The maximum atomic E-state index is 12.3. The zero-order valence-electron chi connectivity index (χ0n) is 9.19. The van der Waals surface area contributed by atoms with Gasteiger partial charge in [-0.3, -0.25) is 4.79 Å². The molecule has 0 aliphatic rings. The molecule has 0 aliphatic carbocycles. The molecule has 17 heavy (non-hydrogen) atoms. The average Bonchev–Trinajstić information content (AvgIpc) is 2.40. The molecule has 0 saturated carbocycles. The molecule has 2 aromatic carbocycles. The molecular weight excluding hydrogens is 217 g/mol. The summed E-state index contributed by atoms with van der Waals surface area (Å²) in [7, 11) is 0. The van der Waals surface area contributed by atoms with E-state index in [1.165, 1.54) is 0 Å². The summed E-state index contributed by atoms with van der Waals surface area (Å²) < 4.78 is 12.3. The van der Waals surface area contributed by atoms with E-state index in [2.05, 4.69) is 5.32 Å². The van der Waals surface area contributed by atoms with Crippen LogP contribution in [0.3, 0.4) is 0 Å². The lowest BCUT2D eigenvalue weighted by Gasteiger charge is -2.08. The highest BCUT2D eigenvalue weighted by molar-refractivity contribution is 5.85. The molecule has 0 atom stereocenters. The number of aldehydes is 1. The summed E-state index contributed by atoms with van der Waals surface area (Å²) >= 11 is 0. The van der Waals surface area contributed by atoms with Gasteiger partial charge in [-0.15, -0.1) is 0 Å². The van der Waals surface area contributed by atoms with Crippen LogP contribution < -0.4 is 5.32 Å². The van der Waals surface area contributed by atoms with Crippen LogP contribution in [-0.4, -0.2) is 6.29 Å². The van der Waals surface area contributed by atoms with Crippen molar-refractivity contribution in [2.45, 2.75) is 6.67 Å². The van der Waals surface area contributed by atoms with Crippen LogP contribution in [0.2, 0.25) is 0 Å². The minimum atomic E-state index is -0.467. The van der Waals surface area contributed by atoms with Crippen LogP contribution in [0, 0.1) is 0 Å². The van der Waals surface area contributed by atoms with E-state index in [0.717, 1.165) is 17.7 Å². The van der Waals surface area contributed by atoms with Crippen molar-refractivity contribution in [2.24, 2.45) is 0 Å². The van der Waals surface area contributed by atoms with Crippen molar-refractivity contribution >= 4 is 17.7 Å². The molecule has 0 heterocycles. The highest BCUT2D eigenvalue weighted by Crippen LogP contribution is 2.20. The SMILES string of the molecule is O=Cc1ccccc1Nc1ccc(CF)cc1. The Labute approximate surface area is 99.1 Å². The third-order valence-electron chi connectivity index (χ3n) is 2.48. The Morgan fingerprint density at radius 3 is 2.41 bits per heavy atom. The summed E-state index contributed by atoms with van der Waals surface area (Å²) in [6, 6.07) is 14.2. The van der Waals surface area contributed by atoms with Crippen LogP contribution in [0.25, 0.3) is 0 Å². The van der Waals surface area contributed by atoms with Gasteiger partial charge in [0.15, 0.2) is 6.29 Å². The molecule has 2 nitrogen and oxygen atoms in total. The first-order chi connectivity index (χ1) is 8.33. The summed E-state index contributed by atoms with van der Waals surface area (Å²) in [4.78, 5) is 10.8. The van der Waals surface area contributed by atoms with Crippen LogP contribution in [-0.2, 0) is 6.67 Å². The van der Waals surface area contributed by atoms with Gasteiger partial charge in [0.25, 0.3) is 0 Å².